The number of hydrogen-bond donors (Lipinski definition) is 0. The van der Waals surface area contributed by atoms with Gasteiger partial charge in [-0.25, -0.2) is 8.42 Å². The topological polar surface area (TPSA) is 76.2 Å². The van der Waals surface area contributed by atoms with Gasteiger partial charge in [0.05, 0.1) is 24.8 Å². The lowest BCUT2D eigenvalue weighted by Crippen LogP contribution is -2.41. The van der Waals surface area contributed by atoms with E-state index in [9.17, 15) is 13.2 Å². The molecule has 0 radical (unpaired) electrons. The second kappa shape index (κ2) is 10.8. The quantitative estimate of drug-likeness (QED) is 0.430. The lowest BCUT2D eigenvalue weighted by molar-refractivity contribution is -0.128. The number of ether oxygens (including phenoxy) is 2. The van der Waals surface area contributed by atoms with Crippen molar-refractivity contribution in [2.75, 3.05) is 32.1 Å². The van der Waals surface area contributed by atoms with Gasteiger partial charge in [-0.3, -0.25) is 9.10 Å². The number of sulfonamides is 1. The number of carbonyl (C=O) groups excluding carboxylic acids is 1. The number of benzene rings is 3. The third kappa shape index (κ3) is 5.81. The van der Waals surface area contributed by atoms with Crippen LogP contribution in [0.5, 0.6) is 11.5 Å². The van der Waals surface area contributed by atoms with Gasteiger partial charge >= 0.3 is 0 Å². The fourth-order valence-corrected chi connectivity index (χ4v) is 4.96. The maximum Gasteiger partial charge on any atom is 0.264 e. The highest BCUT2D eigenvalue weighted by Crippen LogP contribution is 2.29. The van der Waals surface area contributed by atoms with Gasteiger partial charge in [0.1, 0.15) is 6.54 Å². The second-order valence-corrected chi connectivity index (χ2v) is 10.0. The number of hydrogen-bond acceptors (Lipinski definition) is 5. The van der Waals surface area contributed by atoms with Crippen molar-refractivity contribution < 1.29 is 22.7 Å². The first-order valence-corrected chi connectivity index (χ1v) is 12.3. The Bertz CT molecular complexity index is 1260. The van der Waals surface area contributed by atoms with E-state index in [0.717, 1.165) is 15.4 Å². The highest BCUT2D eigenvalue weighted by atomic mass is 35.5. The Kier molecular flexibility index (Phi) is 8.06. The Balaban J connectivity index is 1.89. The van der Waals surface area contributed by atoms with Crippen molar-refractivity contribution >= 4 is 33.2 Å². The fraction of sp³-hybridized carbons (Fsp3) is 0.240. The molecule has 0 fully saturated rings. The van der Waals surface area contributed by atoms with Crippen molar-refractivity contribution in [1.82, 2.24) is 4.90 Å². The molecule has 3 aromatic carbocycles. The third-order valence-electron chi connectivity index (χ3n) is 5.28. The number of nitrogens with zero attached hydrogens (tertiary/aromatic N) is 2. The minimum absolute atomic E-state index is 0.0911. The molecule has 34 heavy (non-hydrogen) atoms. The van der Waals surface area contributed by atoms with Crippen molar-refractivity contribution in [1.29, 1.82) is 0 Å². The number of rotatable bonds is 9. The van der Waals surface area contributed by atoms with Crippen LogP contribution in [0.1, 0.15) is 11.1 Å². The summed E-state index contributed by atoms with van der Waals surface area (Å²) < 4.78 is 38.7. The van der Waals surface area contributed by atoms with Crippen LogP contribution in [0, 0.1) is 6.92 Å². The molecule has 0 aliphatic rings. The fourth-order valence-electron chi connectivity index (χ4n) is 3.37. The first kappa shape index (κ1) is 25.4. The van der Waals surface area contributed by atoms with Gasteiger partial charge in [0, 0.05) is 18.6 Å². The molecule has 0 atom stereocenters. The summed E-state index contributed by atoms with van der Waals surface area (Å²) >= 11 is 6.13. The Morgan fingerprint density at radius 1 is 0.941 bits per heavy atom. The molecule has 0 N–H and O–H groups in total. The average Bonchev–Trinajstić information content (AvgIpc) is 2.82. The number of amides is 1. The largest absolute Gasteiger partial charge is 0.493 e. The molecule has 3 aromatic rings. The van der Waals surface area contributed by atoms with Crippen LogP contribution < -0.4 is 13.8 Å². The lowest BCUT2D eigenvalue weighted by Gasteiger charge is -2.27. The summed E-state index contributed by atoms with van der Waals surface area (Å²) in [7, 11) is 0.685. The standard InChI is InChI=1S/C25H27ClN2O5S/c1-18-8-11-22(12-9-18)34(30,31)28(21-7-5-6-20(26)15-21)17-25(29)27(2)16-19-10-13-23(32-3)24(14-19)33-4/h5-15H,16-17H2,1-4H3. The van der Waals surface area contributed by atoms with Crippen LogP contribution in [0.3, 0.4) is 0 Å². The number of aryl methyl sites for hydroxylation is 1. The Hall–Kier alpha value is -3.23. The van der Waals surface area contributed by atoms with Crippen LogP contribution >= 0.6 is 11.6 Å². The van der Waals surface area contributed by atoms with Crippen LogP contribution in [0.15, 0.2) is 71.6 Å². The maximum absolute atomic E-state index is 13.5. The van der Waals surface area contributed by atoms with E-state index >= 15 is 0 Å². The van der Waals surface area contributed by atoms with Gasteiger partial charge in [0.15, 0.2) is 11.5 Å². The number of methoxy groups -OCH3 is 2. The molecule has 180 valence electrons. The van der Waals surface area contributed by atoms with Crippen molar-refractivity contribution in [3.05, 3.63) is 82.9 Å². The minimum atomic E-state index is -4.02. The van der Waals surface area contributed by atoms with Crippen molar-refractivity contribution in [3.63, 3.8) is 0 Å². The summed E-state index contributed by atoms with van der Waals surface area (Å²) in [5.41, 5.74) is 2.05. The van der Waals surface area contributed by atoms with Crippen LogP contribution in [-0.4, -0.2) is 47.0 Å². The molecule has 3 rings (SSSR count). The molecule has 0 aliphatic carbocycles. The third-order valence-corrected chi connectivity index (χ3v) is 7.30. The summed E-state index contributed by atoms with van der Waals surface area (Å²) in [4.78, 5) is 14.7. The van der Waals surface area contributed by atoms with Gasteiger partial charge < -0.3 is 14.4 Å². The summed E-state index contributed by atoms with van der Waals surface area (Å²) in [6, 6.07) is 18.3. The molecule has 0 unspecified atom stereocenters. The molecule has 0 saturated carbocycles. The second-order valence-electron chi connectivity index (χ2n) is 7.74. The highest BCUT2D eigenvalue weighted by Gasteiger charge is 2.28. The normalized spacial score (nSPS) is 11.1. The maximum atomic E-state index is 13.5. The van der Waals surface area contributed by atoms with Gasteiger partial charge in [0.25, 0.3) is 10.0 Å². The first-order valence-electron chi connectivity index (χ1n) is 10.5. The number of halogens is 1. The molecular weight excluding hydrogens is 476 g/mol. The van der Waals surface area contributed by atoms with Crippen LogP contribution in [-0.2, 0) is 21.4 Å². The van der Waals surface area contributed by atoms with Gasteiger partial charge in [-0.05, 0) is 55.0 Å². The van der Waals surface area contributed by atoms with E-state index in [2.05, 4.69) is 0 Å². The average molecular weight is 503 g/mol. The SMILES string of the molecule is COc1ccc(CN(C)C(=O)CN(c2cccc(Cl)c2)S(=O)(=O)c2ccc(C)cc2)cc1OC. The molecule has 0 aromatic heterocycles. The summed E-state index contributed by atoms with van der Waals surface area (Å²) in [6.07, 6.45) is 0. The van der Waals surface area contributed by atoms with E-state index in [1.807, 2.05) is 13.0 Å². The van der Waals surface area contributed by atoms with E-state index in [0.29, 0.717) is 22.2 Å². The Morgan fingerprint density at radius 2 is 1.62 bits per heavy atom. The zero-order valence-corrected chi connectivity index (χ0v) is 21.1. The van der Waals surface area contributed by atoms with Gasteiger partial charge in [-0.2, -0.15) is 0 Å². The van der Waals surface area contributed by atoms with Crippen LogP contribution in [0.4, 0.5) is 5.69 Å². The van der Waals surface area contributed by atoms with Crippen LogP contribution in [0.2, 0.25) is 5.02 Å². The molecule has 0 aliphatic heterocycles. The minimum Gasteiger partial charge on any atom is -0.493 e. The van der Waals surface area contributed by atoms with E-state index < -0.39 is 10.0 Å². The molecule has 0 bridgehead atoms. The first-order chi connectivity index (χ1) is 16.1. The zero-order valence-electron chi connectivity index (χ0n) is 19.5. The van der Waals surface area contributed by atoms with E-state index in [4.69, 9.17) is 21.1 Å². The van der Waals surface area contributed by atoms with Crippen LogP contribution in [0.25, 0.3) is 0 Å². The Morgan fingerprint density at radius 3 is 2.24 bits per heavy atom. The van der Waals surface area contributed by atoms with Crippen molar-refractivity contribution in [2.24, 2.45) is 0 Å². The predicted octanol–water partition coefficient (Wildman–Crippen LogP) is 4.52. The molecule has 0 spiro atoms. The number of likely N-dealkylation sites (N-methyl/N-ethyl adjacent to an activating group) is 1. The predicted molar refractivity (Wildman–Crippen MR) is 133 cm³/mol. The highest BCUT2D eigenvalue weighted by molar-refractivity contribution is 7.92. The summed E-state index contributed by atoms with van der Waals surface area (Å²) in [5.74, 6) is 0.741. The van der Waals surface area contributed by atoms with E-state index in [-0.39, 0.29) is 23.9 Å². The Labute approximate surface area is 205 Å². The molecule has 1 amide bonds. The van der Waals surface area contributed by atoms with Gasteiger partial charge in [-0.15, -0.1) is 0 Å². The molecule has 7 nitrogen and oxygen atoms in total. The summed E-state index contributed by atoms with van der Waals surface area (Å²) in [5, 5.41) is 0.368. The van der Waals surface area contributed by atoms with Gasteiger partial charge in [-0.1, -0.05) is 41.4 Å². The van der Waals surface area contributed by atoms with E-state index in [1.165, 1.54) is 30.2 Å². The lowest BCUT2D eigenvalue weighted by atomic mass is 10.2. The number of carbonyl (C=O) groups is 1. The molecular formula is C25H27ClN2O5S. The van der Waals surface area contributed by atoms with Crippen molar-refractivity contribution in [3.8, 4) is 11.5 Å². The number of anilines is 1. The monoisotopic (exact) mass is 502 g/mol. The molecule has 0 saturated heterocycles. The van der Waals surface area contributed by atoms with Gasteiger partial charge in [0.2, 0.25) is 5.91 Å². The van der Waals surface area contributed by atoms with E-state index in [1.54, 1.807) is 56.6 Å². The molecule has 9 heteroatoms. The van der Waals surface area contributed by atoms with Crippen molar-refractivity contribution in [2.45, 2.75) is 18.4 Å². The smallest absolute Gasteiger partial charge is 0.264 e. The summed E-state index contributed by atoms with van der Waals surface area (Å²) in [6.45, 7) is 1.74. The molecule has 0 heterocycles. The zero-order chi connectivity index (χ0) is 24.9.